The lowest BCUT2D eigenvalue weighted by Gasteiger charge is -2.32. The number of benzene rings is 1. The fourth-order valence-electron chi connectivity index (χ4n) is 2.98. The summed E-state index contributed by atoms with van der Waals surface area (Å²) in [7, 11) is 0. The van der Waals surface area contributed by atoms with Crippen molar-refractivity contribution in [2.24, 2.45) is 5.73 Å². The molecule has 4 heteroatoms. The fraction of sp³-hybridized carbons (Fsp3) is 0.588. The molecular formula is C17H26N2O2. The predicted octanol–water partition coefficient (Wildman–Crippen LogP) is 3.38. The van der Waals surface area contributed by atoms with Crippen molar-refractivity contribution < 1.29 is 9.53 Å². The number of rotatable bonds is 5. The largest absolute Gasteiger partial charge is 0.494 e. The minimum absolute atomic E-state index is 0.00617. The SMILES string of the molecule is CCOc1ccc(NC(=O)CC2(N)CCCCC2)c(C)c1. The molecule has 2 rings (SSSR count). The van der Waals surface area contributed by atoms with Gasteiger partial charge in [0.2, 0.25) is 5.91 Å². The molecule has 1 aromatic carbocycles. The highest BCUT2D eigenvalue weighted by Crippen LogP contribution is 2.29. The fourth-order valence-corrected chi connectivity index (χ4v) is 2.98. The number of amides is 1. The van der Waals surface area contributed by atoms with E-state index in [1.165, 1.54) is 6.42 Å². The monoisotopic (exact) mass is 290 g/mol. The summed E-state index contributed by atoms with van der Waals surface area (Å²) in [6.45, 7) is 4.56. The zero-order chi connectivity index (χ0) is 15.3. The second kappa shape index (κ2) is 6.94. The van der Waals surface area contributed by atoms with Gasteiger partial charge in [0, 0.05) is 17.6 Å². The first-order chi connectivity index (χ1) is 10.0. The lowest BCUT2D eigenvalue weighted by Crippen LogP contribution is -2.44. The molecule has 21 heavy (non-hydrogen) atoms. The number of nitrogens with two attached hydrogens (primary N) is 1. The average molecular weight is 290 g/mol. The van der Waals surface area contributed by atoms with Crippen LogP contribution in [0.3, 0.4) is 0 Å². The van der Waals surface area contributed by atoms with Crippen LogP contribution in [-0.4, -0.2) is 18.1 Å². The van der Waals surface area contributed by atoms with Crippen LogP contribution < -0.4 is 15.8 Å². The number of hydrogen-bond acceptors (Lipinski definition) is 3. The van der Waals surface area contributed by atoms with Gasteiger partial charge in [0.1, 0.15) is 5.75 Å². The molecule has 0 aliphatic heterocycles. The van der Waals surface area contributed by atoms with Crippen molar-refractivity contribution in [3.8, 4) is 5.75 Å². The summed E-state index contributed by atoms with van der Waals surface area (Å²) in [5, 5.41) is 2.98. The Labute approximate surface area is 127 Å². The molecule has 1 saturated carbocycles. The van der Waals surface area contributed by atoms with Crippen LogP contribution in [0, 0.1) is 6.92 Å². The first-order valence-electron chi connectivity index (χ1n) is 7.84. The Morgan fingerprint density at radius 1 is 1.33 bits per heavy atom. The maximum Gasteiger partial charge on any atom is 0.226 e. The molecule has 1 aromatic rings. The van der Waals surface area contributed by atoms with Crippen molar-refractivity contribution >= 4 is 11.6 Å². The van der Waals surface area contributed by atoms with Crippen molar-refractivity contribution in [2.45, 2.75) is 57.9 Å². The van der Waals surface area contributed by atoms with E-state index in [-0.39, 0.29) is 11.4 Å². The van der Waals surface area contributed by atoms with Gasteiger partial charge in [-0.2, -0.15) is 0 Å². The van der Waals surface area contributed by atoms with Gasteiger partial charge in [-0.1, -0.05) is 19.3 Å². The minimum Gasteiger partial charge on any atom is -0.494 e. The first-order valence-corrected chi connectivity index (χ1v) is 7.84. The van der Waals surface area contributed by atoms with Gasteiger partial charge in [0.15, 0.2) is 0 Å². The summed E-state index contributed by atoms with van der Waals surface area (Å²) in [5.74, 6) is 0.835. The maximum absolute atomic E-state index is 12.2. The predicted molar refractivity (Wildman–Crippen MR) is 85.6 cm³/mol. The highest BCUT2D eigenvalue weighted by molar-refractivity contribution is 5.92. The summed E-state index contributed by atoms with van der Waals surface area (Å²) in [5.41, 5.74) is 7.86. The molecular weight excluding hydrogens is 264 g/mol. The molecule has 1 fully saturated rings. The summed E-state index contributed by atoms with van der Waals surface area (Å²) in [6, 6.07) is 5.71. The Balaban J connectivity index is 1.96. The Kier molecular flexibility index (Phi) is 5.23. The number of hydrogen-bond donors (Lipinski definition) is 2. The highest BCUT2D eigenvalue weighted by Gasteiger charge is 2.30. The number of carbonyl (C=O) groups is 1. The molecule has 0 aromatic heterocycles. The Bertz CT molecular complexity index is 494. The number of carbonyl (C=O) groups excluding carboxylic acids is 1. The van der Waals surface area contributed by atoms with Crippen molar-refractivity contribution in [3.63, 3.8) is 0 Å². The van der Waals surface area contributed by atoms with E-state index in [1.807, 2.05) is 32.0 Å². The maximum atomic E-state index is 12.2. The van der Waals surface area contributed by atoms with Gasteiger partial charge in [-0.3, -0.25) is 4.79 Å². The normalized spacial score (nSPS) is 17.3. The van der Waals surface area contributed by atoms with Gasteiger partial charge >= 0.3 is 0 Å². The second-order valence-electron chi connectivity index (χ2n) is 6.06. The molecule has 0 spiro atoms. The van der Waals surface area contributed by atoms with Gasteiger partial charge < -0.3 is 15.8 Å². The summed E-state index contributed by atoms with van der Waals surface area (Å²) in [6.07, 6.45) is 5.79. The minimum atomic E-state index is -0.318. The van der Waals surface area contributed by atoms with Crippen LogP contribution in [-0.2, 0) is 4.79 Å². The third kappa shape index (κ3) is 4.46. The number of ether oxygens (including phenoxy) is 1. The molecule has 0 bridgehead atoms. The van der Waals surface area contributed by atoms with E-state index < -0.39 is 0 Å². The molecule has 3 N–H and O–H groups in total. The Hall–Kier alpha value is -1.55. The van der Waals surface area contributed by atoms with Crippen molar-refractivity contribution in [1.29, 1.82) is 0 Å². The van der Waals surface area contributed by atoms with E-state index in [2.05, 4.69) is 5.32 Å². The zero-order valence-electron chi connectivity index (χ0n) is 13.1. The third-order valence-electron chi connectivity index (χ3n) is 4.14. The molecule has 116 valence electrons. The lowest BCUT2D eigenvalue weighted by atomic mass is 9.80. The van der Waals surface area contributed by atoms with E-state index in [4.69, 9.17) is 10.5 Å². The number of nitrogens with one attached hydrogen (secondary N) is 1. The van der Waals surface area contributed by atoms with Crippen molar-refractivity contribution in [3.05, 3.63) is 23.8 Å². The summed E-state index contributed by atoms with van der Waals surface area (Å²) >= 11 is 0. The molecule has 1 aliphatic rings. The molecule has 0 unspecified atom stereocenters. The van der Waals surface area contributed by atoms with Crippen molar-refractivity contribution in [2.75, 3.05) is 11.9 Å². The Morgan fingerprint density at radius 3 is 2.67 bits per heavy atom. The van der Waals surface area contributed by atoms with E-state index in [1.54, 1.807) is 0 Å². The van der Waals surface area contributed by atoms with Gasteiger partial charge in [-0.05, 0) is 50.5 Å². The molecule has 0 atom stereocenters. The number of anilines is 1. The molecule has 0 radical (unpaired) electrons. The van der Waals surface area contributed by atoms with Crippen LogP contribution in [0.2, 0.25) is 0 Å². The van der Waals surface area contributed by atoms with Crippen LogP contribution in [0.4, 0.5) is 5.69 Å². The smallest absolute Gasteiger partial charge is 0.226 e. The van der Waals surface area contributed by atoms with Gasteiger partial charge in [0.25, 0.3) is 0 Å². The second-order valence-corrected chi connectivity index (χ2v) is 6.06. The van der Waals surface area contributed by atoms with Gasteiger partial charge in [0.05, 0.1) is 6.61 Å². The van der Waals surface area contributed by atoms with E-state index in [0.29, 0.717) is 13.0 Å². The third-order valence-corrected chi connectivity index (χ3v) is 4.14. The molecule has 0 saturated heterocycles. The van der Waals surface area contributed by atoms with E-state index >= 15 is 0 Å². The summed E-state index contributed by atoms with van der Waals surface area (Å²) in [4.78, 5) is 12.2. The molecule has 1 aliphatic carbocycles. The van der Waals surface area contributed by atoms with Gasteiger partial charge in [-0.15, -0.1) is 0 Å². The molecule has 4 nitrogen and oxygen atoms in total. The van der Waals surface area contributed by atoms with E-state index in [0.717, 1.165) is 42.7 Å². The molecule has 1 amide bonds. The van der Waals surface area contributed by atoms with Gasteiger partial charge in [-0.25, -0.2) is 0 Å². The van der Waals surface area contributed by atoms with Crippen LogP contribution in [0.1, 0.15) is 51.0 Å². The van der Waals surface area contributed by atoms with E-state index in [9.17, 15) is 4.79 Å². The topological polar surface area (TPSA) is 64.3 Å². The molecule has 0 heterocycles. The average Bonchev–Trinajstić information content (AvgIpc) is 2.42. The quantitative estimate of drug-likeness (QED) is 0.873. The van der Waals surface area contributed by atoms with Crippen LogP contribution >= 0.6 is 0 Å². The Morgan fingerprint density at radius 2 is 2.05 bits per heavy atom. The van der Waals surface area contributed by atoms with Crippen molar-refractivity contribution in [1.82, 2.24) is 0 Å². The highest BCUT2D eigenvalue weighted by atomic mass is 16.5. The summed E-state index contributed by atoms with van der Waals surface area (Å²) < 4.78 is 5.45. The zero-order valence-corrected chi connectivity index (χ0v) is 13.1. The lowest BCUT2D eigenvalue weighted by molar-refractivity contribution is -0.117. The standard InChI is InChI=1S/C17H26N2O2/c1-3-21-14-7-8-15(13(2)11-14)19-16(20)12-17(18)9-5-4-6-10-17/h7-8,11H,3-6,9-10,12,18H2,1-2H3,(H,19,20). The first kappa shape index (κ1) is 15.8. The van der Waals surface area contributed by atoms with Crippen LogP contribution in [0.25, 0.3) is 0 Å². The number of aryl methyl sites for hydroxylation is 1. The van der Waals surface area contributed by atoms with Crippen LogP contribution in [0.15, 0.2) is 18.2 Å². The van der Waals surface area contributed by atoms with Crippen LogP contribution in [0.5, 0.6) is 5.75 Å².